The van der Waals surface area contributed by atoms with Crippen LogP contribution in [0.2, 0.25) is 0 Å². The second-order valence-corrected chi connectivity index (χ2v) is 4.93. The Hall–Kier alpha value is -0.830. The largest absolute Gasteiger partial charge is 0.493 e. The van der Waals surface area contributed by atoms with Gasteiger partial charge < -0.3 is 9.47 Å². The maximum atomic E-state index is 5.30. The molecule has 15 heavy (non-hydrogen) atoms. The van der Waals surface area contributed by atoms with Crippen molar-refractivity contribution >= 4 is 11.8 Å². The van der Waals surface area contributed by atoms with Gasteiger partial charge in [-0.25, -0.2) is 0 Å². The number of ether oxygens (including phenoxy) is 2. The lowest BCUT2D eigenvalue weighted by atomic mass is 10.1. The minimum atomic E-state index is 0.643. The first-order valence-corrected chi connectivity index (χ1v) is 6.23. The summed E-state index contributed by atoms with van der Waals surface area (Å²) in [5.41, 5.74) is 1.36. The molecule has 0 aliphatic carbocycles. The Bertz CT molecular complexity index is 332. The fourth-order valence-electron chi connectivity index (χ4n) is 1.89. The summed E-state index contributed by atoms with van der Waals surface area (Å²) in [5.74, 6) is 2.92. The molecule has 1 fully saturated rings. The van der Waals surface area contributed by atoms with Crippen molar-refractivity contribution in [2.45, 2.75) is 18.1 Å². The van der Waals surface area contributed by atoms with Crippen LogP contribution in [0.1, 0.15) is 23.7 Å². The van der Waals surface area contributed by atoms with Gasteiger partial charge in [0, 0.05) is 5.25 Å². The topological polar surface area (TPSA) is 18.5 Å². The Morgan fingerprint density at radius 3 is 2.60 bits per heavy atom. The highest BCUT2D eigenvalue weighted by Gasteiger charge is 2.18. The summed E-state index contributed by atoms with van der Waals surface area (Å²) >= 11 is 2.03. The summed E-state index contributed by atoms with van der Waals surface area (Å²) < 4.78 is 10.5. The lowest BCUT2D eigenvalue weighted by Crippen LogP contribution is -1.94. The van der Waals surface area contributed by atoms with Crippen LogP contribution in [0, 0.1) is 0 Å². The molecule has 1 unspecified atom stereocenters. The first-order chi connectivity index (χ1) is 7.35. The van der Waals surface area contributed by atoms with Gasteiger partial charge in [0.2, 0.25) is 0 Å². The minimum absolute atomic E-state index is 0.643. The van der Waals surface area contributed by atoms with Gasteiger partial charge in [0.15, 0.2) is 11.5 Å². The molecule has 0 N–H and O–H groups in total. The second-order valence-electron chi connectivity index (χ2n) is 3.62. The second kappa shape index (κ2) is 4.79. The average molecular weight is 224 g/mol. The van der Waals surface area contributed by atoms with Gasteiger partial charge in [-0.2, -0.15) is 11.8 Å². The van der Waals surface area contributed by atoms with Crippen molar-refractivity contribution in [3.8, 4) is 11.5 Å². The summed E-state index contributed by atoms with van der Waals surface area (Å²) in [5, 5.41) is 0.643. The molecular weight excluding hydrogens is 208 g/mol. The Labute approximate surface area is 95.0 Å². The summed E-state index contributed by atoms with van der Waals surface area (Å²) in [6.07, 6.45) is 2.60. The highest BCUT2D eigenvalue weighted by atomic mass is 32.2. The van der Waals surface area contributed by atoms with Crippen LogP contribution >= 0.6 is 11.8 Å². The molecule has 1 heterocycles. The summed E-state index contributed by atoms with van der Waals surface area (Å²) in [6, 6.07) is 6.24. The highest BCUT2D eigenvalue weighted by molar-refractivity contribution is 7.99. The normalized spacial score (nSPS) is 20.3. The van der Waals surface area contributed by atoms with Crippen molar-refractivity contribution in [3.63, 3.8) is 0 Å². The van der Waals surface area contributed by atoms with Crippen LogP contribution in [-0.4, -0.2) is 20.0 Å². The maximum absolute atomic E-state index is 5.30. The fraction of sp³-hybridized carbons (Fsp3) is 0.500. The molecule has 1 aliphatic heterocycles. The van der Waals surface area contributed by atoms with Crippen LogP contribution in [0.25, 0.3) is 0 Å². The van der Waals surface area contributed by atoms with Gasteiger partial charge in [-0.3, -0.25) is 0 Å². The van der Waals surface area contributed by atoms with E-state index in [-0.39, 0.29) is 0 Å². The molecule has 1 aromatic rings. The molecule has 1 atom stereocenters. The quantitative estimate of drug-likeness (QED) is 0.785. The number of rotatable bonds is 3. The molecule has 2 nitrogen and oxygen atoms in total. The van der Waals surface area contributed by atoms with E-state index in [0.29, 0.717) is 5.25 Å². The van der Waals surface area contributed by atoms with Crippen molar-refractivity contribution in [2.24, 2.45) is 0 Å². The minimum Gasteiger partial charge on any atom is -0.493 e. The van der Waals surface area contributed by atoms with E-state index in [4.69, 9.17) is 9.47 Å². The zero-order chi connectivity index (χ0) is 10.7. The van der Waals surface area contributed by atoms with E-state index in [1.807, 2.05) is 17.8 Å². The molecule has 1 aromatic carbocycles. The zero-order valence-electron chi connectivity index (χ0n) is 9.16. The molecule has 3 heteroatoms. The van der Waals surface area contributed by atoms with E-state index in [2.05, 4.69) is 12.1 Å². The van der Waals surface area contributed by atoms with Gasteiger partial charge in [0.1, 0.15) is 0 Å². The first-order valence-electron chi connectivity index (χ1n) is 5.18. The molecule has 1 saturated heterocycles. The van der Waals surface area contributed by atoms with E-state index in [1.54, 1.807) is 14.2 Å². The molecule has 0 aromatic heterocycles. The number of hydrogen-bond acceptors (Lipinski definition) is 3. The van der Waals surface area contributed by atoms with Gasteiger partial charge in [0.25, 0.3) is 0 Å². The van der Waals surface area contributed by atoms with Gasteiger partial charge in [-0.15, -0.1) is 0 Å². The van der Waals surface area contributed by atoms with E-state index >= 15 is 0 Å². The molecule has 2 rings (SSSR count). The van der Waals surface area contributed by atoms with Crippen LogP contribution in [0.3, 0.4) is 0 Å². The lowest BCUT2D eigenvalue weighted by Gasteiger charge is -2.13. The molecule has 0 spiro atoms. The molecule has 82 valence electrons. The van der Waals surface area contributed by atoms with Crippen LogP contribution < -0.4 is 9.47 Å². The van der Waals surface area contributed by atoms with Crippen LogP contribution in [-0.2, 0) is 0 Å². The van der Waals surface area contributed by atoms with E-state index in [1.165, 1.54) is 24.2 Å². The molecule has 0 bridgehead atoms. The molecule has 1 aliphatic rings. The predicted molar refractivity (Wildman–Crippen MR) is 64.0 cm³/mol. The number of methoxy groups -OCH3 is 2. The fourth-order valence-corrected chi connectivity index (χ4v) is 3.18. The monoisotopic (exact) mass is 224 g/mol. The third kappa shape index (κ3) is 2.23. The number of benzene rings is 1. The van der Waals surface area contributed by atoms with E-state index in [9.17, 15) is 0 Å². The van der Waals surface area contributed by atoms with Gasteiger partial charge >= 0.3 is 0 Å². The van der Waals surface area contributed by atoms with Gasteiger partial charge in [-0.05, 0) is 36.3 Å². The third-order valence-electron chi connectivity index (χ3n) is 2.71. The van der Waals surface area contributed by atoms with Crippen LogP contribution in [0.15, 0.2) is 18.2 Å². The van der Waals surface area contributed by atoms with E-state index in [0.717, 1.165) is 11.5 Å². The van der Waals surface area contributed by atoms with Crippen LogP contribution in [0.4, 0.5) is 0 Å². The molecule has 0 saturated carbocycles. The van der Waals surface area contributed by atoms with Crippen molar-refractivity contribution in [2.75, 3.05) is 20.0 Å². The van der Waals surface area contributed by atoms with Crippen molar-refractivity contribution < 1.29 is 9.47 Å². The molecule has 0 amide bonds. The summed E-state index contributed by atoms with van der Waals surface area (Å²) in [7, 11) is 3.35. The number of thioether (sulfide) groups is 1. The number of hydrogen-bond donors (Lipinski definition) is 0. The zero-order valence-corrected chi connectivity index (χ0v) is 9.97. The standard InChI is InChI=1S/C12H16O2S/c1-13-10-6-5-9(8-11(10)14-2)12-4-3-7-15-12/h5-6,8,12H,3-4,7H2,1-2H3. The lowest BCUT2D eigenvalue weighted by molar-refractivity contribution is 0.354. The summed E-state index contributed by atoms with van der Waals surface area (Å²) in [4.78, 5) is 0. The molecule has 0 radical (unpaired) electrons. The first kappa shape index (κ1) is 10.7. The van der Waals surface area contributed by atoms with Crippen molar-refractivity contribution in [1.82, 2.24) is 0 Å². The van der Waals surface area contributed by atoms with Gasteiger partial charge in [-0.1, -0.05) is 6.07 Å². The smallest absolute Gasteiger partial charge is 0.161 e. The third-order valence-corrected chi connectivity index (χ3v) is 4.14. The average Bonchev–Trinajstić information content (AvgIpc) is 2.81. The van der Waals surface area contributed by atoms with Crippen molar-refractivity contribution in [3.05, 3.63) is 23.8 Å². The highest BCUT2D eigenvalue weighted by Crippen LogP contribution is 2.42. The Kier molecular flexibility index (Phi) is 3.41. The Morgan fingerprint density at radius 2 is 2.00 bits per heavy atom. The Morgan fingerprint density at radius 1 is 1.20 bits per heavy atom. The Balaban J connectivity index is 2.25. The summed E-state index contributed by atoms with van der Waals surface area (Å²) in [6.45, 7) is 0. The SMILES string of the molecule is COc1ccc(C2CCCS2)cc1OC. The van der Waals surface area contributed by atoms with E-state index < -0.39 is 0 Å². The van der Waals surface area contributed by atoms with Crippen LogP contribution in [0.5, 0.6) is 11.5 Å². The predicted octanol–water partition coefficient (Wildman–Crippen LogP) is 3.27. The van der Waals surface area contributed by atoms with Gasteiger partial charge in [0.05, 0.1) is 14.2 Å². The van der Waals surface area contributed by atoms with Crippen molar-refractivity contribution in [1.29, 1.82) is 0 Å². The maximum Gasteiger partial charge on any atom is 0.161 e. The molecular formula is C12H16O2S.